The largest absolute Gasteiger partial charge is 0.335 e. The molecule has 1 heterocycles. The highest BCUT2D eigenvalue weighted by Gasteiger charge is 2.37. The van der Waals surface area contributed by atoms with Crippen LogP contribution in [0, 0.1) is 5.82 Å². The lowest BCUT2D eigenvalue weighted by Crippen LogP contribution is -2.54. The fourth-order valence-electron chi connectivity index (χ4n) is 3.37. The van der Waals surface area contributed by atoms with Gasteiger partial charge in [-0.05, 0) is 53.1 Å². The van der Waals surface area contributed by atoms with Gasteiger partial charge in [0.05, 0.1) is 10.7 Å². The summed E-state index contributed by atoms with van der Waals surface area (Å²) in [6.07, 6.45) is 1.56. The van der Waals surface area contributed by atoms with E-state index in [0.29, 0.717) is 21.7 Å². The second kappa shape index (κ2) is 8.94. The second-order valence-electron chi connectivity index (χ2n) is 7.02. The van der Waals surface area contributed by atoms with Gasteiger partial charge < -0.3 is 0 Å². The van der Waals surface area contributed by atoms with E-state index in [1.54, 1.807) is 48.5 Å². The van der Waals surface area contributed by atoms with E-state index in [1.165, 1.54) is 24.3 Å². The Kier molecular flexibility index (Phi) is 6.08. The van der Waals surface area contributed by atoms with E-state index in [-0.39, 0.29) is 28.5 Å². The molecule has 1 N–H and O–H groups in total. The summed E-state index contributed by atoms with van der Waals surface area (Å²) in [5, 5.41) is 2.70. The number of barbiturate groups is 1. The summed E-state index contributed by atoms with van der Waals surface area (Å²) in [6.45, 7) is 0. The molecule has 5 nitrogen and oxygen atoms in total. The van der Waals surface area contributed by atoms with Crippen molar-refractivity contribution in [1.82, 2.24) is 5.32 Å². The average Bonchev–Trinajstić information content (AvgIpc) is 2.75. The molecule has 1 fully saturated rings. The standard InChI is InChI=1S/C24H15Cl2FN2O3/c25-17-10-9-14(11-15-5-1-3-7-20(15)27)16(12-17)13-18-22(30)28-24(32)29(23(18)31)21-8-4-2-6-19(21)26/h1-10,12-13H,11H2,(H,28,30,32)/b18-13+. The number of benzene rings is 3. The lowest BCUT2D eigenvalue weighted by Gasteiger charge is -2.27. The highest BCUT2D eigenvalue weighted by atomic mass is 35.5. The number of hydrogen-bond acceptors (Lipinski definition) is 3. The predicted molar refractivity (Wildman–Crippen MR) is 121 cm³/mol. The van der Waals surface area contributed by atoms with Crippen molar-refractivity contribution in [3.05, 3.63) is 105 Å². The summed E-state index contributed by atoms with van der Waals surface area (Å²) in [7, 11) is 0. The van der Waals surface area contributed by atoms with Gasteiger partial charge >= 0.3 is 6.03 Å². The van der Waals surface area contributed by atoms with Gasteiger partial charge in [-0.2, -0.15) is 0 Å². The van der Waals surface area contributed by atoms with Gasteiger partial charge in [-0.3, -0.25) is 14.9 Å². The van der Waals surface area contributed by atoms with Gasteiger partial charge in [-0.15, -0.1) is 0 Å². The molecule has 0 unspecified atom stereocenters. The van der Waals surface area contributed by atoms with Gasteiger partial charge in [0.25, 0.3) is 11.8 Å². The minimum absolute atomic E-state index is 0.146. The lowest BCUT2D eigenvalue weighted by molar-refractivity contribution is -0.122. The van der Waals surface area contributed by atoms with E-state index < -0.39 is 17.8 Å². The van der Waals surface area contributed by atoms with Crippen molar-refractivity contribution in [2.24, 2.45) is 0 Å². The summed E-state index contributed by atoms with van der Waals surface area (Å²) in [5.41, 5.74) is 1.41. The first kappa shape index (κ1) is 21.7. The summed E-state index contributed by atoms with van der Waals surface area (Å²) in [4.78, 5) is 38.8. The van der Waals surface area contributed by atoms with Crippen molar-refractivity contribution >= 4 is 52.8 Å². The van der Waals surface area contributed by atoms with Crippen molar-refractivity contribution in [2.75, 3.05) is 4.90 Å². The molecule has 3 aromatic rings. The molecule has 0 atom stereocenters. The predicted octanol–water partition coefficient (Wildman–Crippen LogP) is 5.39. The first-order valence-electron chi connectivity index (χ1n) is 9.53. The Balaban J connectivity index is 1.77. The number of imide groups is 2. The number of carbonyl (C=O) groups excluding carboxylic acids is 3. The third-order valence-corrected chi connectivity index (χ3v) is 5.50. The fraction of sp³-hybridized carbons (Fsp3) is 0.0417. The van der Waals surface area contributed by atoms with E-state index in [9.17, 15) is 18.8 Å². The molecule has 3 aromatic carbocycles. The van der Waals surface area contributed by atoms with Gasteiger partial charge in [0, 0.05) is 11.4 Å². The number of halogens is 3. The number of rotatable bonds is 4. The number of nitrogens with one attached hydrogen (secondary N) is 1. The molecule has 0 saturated carbocycles. The van der Waals surface area contributed by atoms with Crippen LogP contribution in [0.25, 0.3) is 6.08 Å². The van der Waals surface area contributed by atoms with Gasteiger partial charge in [-0.25, -0.2) is 14.1 Å². The van der Waals surface area contributed by atoms with Gasteiger partial charge in [0.2, 0.25) is 0 Å². The van der Waals surface area contributed by atoms with E-state index in [0.717, 1.165) is 4.90 Å². The molecular formula is C24H15Cl2FN2O3. The zero-order chi connectivity index (χ0) is 22.8. The quantitative estimate of drug-likeness (QED) is 0.412. The molecule has 32 heavy (non-hydrogen) atoms. The highest BCUT2D eigenvalue weighted by Crippen LogP contribution is 2.30. The molecule has 8 heteroatoms. The van der Waals surface area contributed by atoms with Gasteiger partial charge in [0.1, 0.15) is 11.4 Å². The molecule has 0 aromatic heterocycles. The molecule has 4 amide bonds. The van der Waals surface area contributed by atoms with Crippen LogP contribution in [0.1, 0.15) is 16.7 Å². The average molecular weight is 469 g/mol. The number of para-hydroxylation sites is 1. The summed E-state index contributed by atoms with van der Waals surface area (Å²) in [5.74, 6) is -2.05. The maximum atomic E-state index is 14.2. The number of carbonyl (C=O) groups is 3. The van der Waals surface area contributed by atoms with Crippen LogP contribution < -0.4 is 10.2 Å². The van der Waals surface area contributed by atoms with Crippen LogP contribution in [0.2, 0.25) is 10.0 Å². The molecule has 0 aliphatic carbocycles. The zero-order valence-corrected chi connectivity index (χ0v) is 18.0. The molecule has 1 aliphatic heterocycles. The molecule has 4 rings (SSSR count). The normalized spacial score (nSPS) is 15.3. The number of anilines is 1. The van der Waals surface area contributed by atoms with E-state index in [4.69, 9.17) is 23.2 Å². The molecule has 1 saturated heterocycles. The molecule has 0 spiro atoms. The van der Waals surface area contributed by atoms with Crippen molar-refractivity contribution in [2.45, 2.75) is 6.42 Å². The third-order valence-electron chi connectivity index (χ3n) is 4.94. The van der Waals surface area contributed by atoms with Crippen molar-refractivity contribution < 1.29 is 18.8 Å². The van der Waals surface area contributed by atoms with Gasteiger partial charge in [-0.1, -0.05) is 59.6 Å². The van der Waals surface area contributed by atoms with E-state index >= 15 is 0 Å². The first-order valence-corrected chi connectivity index (χ1v) is 10.3. The Morgan fingerprint density at radius 1 is 0.906 bits per heavy atom. The molecule has 1 aliphatic rings. The van der Waals surface area contributed by atoms with Crippen molar-refractivity contribution in [1.29, 1.82) is 0 Å². The van der Waals surface area contributed by atoms with E-state index in [1.807, 2.05) is 0 Å². The maximum Gasteiger partial charge on any atom is 0.335 e. The lowest BCUT2D eigenvalue weighted by atomic mass is 9.97. The van der Waals surface area contributed by atoms with Gasteiger partial charge in [0.15, 0.2) is 0 Å². The highest BCUT2D eigenvalue weighted by molar-refractivity contribution is 6.42. The van der Waals surface area contributed by atoms with E-state index in [2.05, 4.69) is 5.32 Å². The SMILES string of the molecule is O=C1NC(=O)N(c2ccccc2Cl)C(=O)/C1=C/c1cc(Cl)ccc1Cc1ccccc1F. The Morgan fingerprint density at radius 3 is 2.38 bits per heavy atom. The molecule has 0 bridgehead atoms. The van der Waals surface area contributed by atoms with Crippen LogP contribution in [-0.4, -0.2) is 17.8 Å². The Morgan fingerprint density at radius 2 is 1.62 bits per heavy atom. The third kappa shape index (κ3) is 4.28. The summed E-state index contributed by atoms with van der Waals surface area (Å²) >= 11 is 12.3. The first-order chi connectivity index (χ1) is 15.3. The smallest absolute Gasteiger partial charge is 0.273 e. The second-order valence-corrected chi connectivity index (χ2v) is 7.86. The molecular weight excluding hydrogens is 454 g/mol. The topological polar surface area (TPSA) is 66.5 Å². The zero-order valence-electron chi connectivity index (χ0n) is 16.4. The number of urea groups is 1. The summed E-state index contributed by atoms with van der Waals surface area (Å²) < 4.78 is 14.2. The monoisotopic (exact) mass is 468 g/mol. The maximum absolute atomic E-state index is 14.2. The Labute approximate surface area is 193 Å². The molecule has 0 radical (unpaired) electrons. The van der Waals surface area contributed by atoms with Crippen LogP contribution in [0.3, 0.4) is 0 Å². The number of hydrogen-bond donors (Lipinski definition) is 1. The van der Waals surface area contributed by atoms with Crippen molar-refractivity contribution in [3.8, 4) is 0 Å². The Hall–Kier alpha value is -3.48. The minimum Gasteiger partial charge on any atom is -0.273 e. The fourth-order valence-corrected chi connectivity index (χ4v) is 3.77. The molecule has 160 valence electrons. The Bertz CT molecular complexity index is 1290. The van der Waals surface area contributed by atoms with Crippen LogP contribution in [-0.2, 0) is 16.0 Å². The summed E-state index contributed by atoms with van der Waals surface area (Å²) in [6, 6.07) is 16.6. The van der Waals surface area contributed by atoms with Crippen LogP contribution in [0.5, 0.6) is 0 Å². The van der Waals surface area contributed by atoms with Crippen LogP contribution in [0.4, 0.5) is 14.9 Å². The number of nitrogens with zero attached hydrogens (tertiary/aromatic N) is 1. The van der Waals surface area contributed by atoms with Crippen LogP contribution in [0.15, 0.2) is 72.3 Å². The number of amides is 4. The van der Waals surface area contributed by atoms with Crippen LogP contribution >= 0.6 is 23.2 Å². The van der Waals surface area contributed by atoms with Crippen molar-refractivity contribution in [3.63, 3.8) is 0 Å². The minimum atomic E-state index is -0.900.